The smallest absolute Gasteiger partial charge is 0.157 e. The monoisotopic (exact) mass is 161 g/mol. The molecule has 0 radical (unpaired) electrons. The standard InChI is InChI=1S/C8H7N3O/c1-2-4-8(5-3-1)12-11-7-6-9-10-11/h1-7H. The number of hydrogen-bond acceptors (Lipinski definition) is 3. The molecule has 0 spiro atoms. The molecule has 0 amide bonds. The second kappa shape index (κ2) is 3.04. The van der Waals surface area contributed by atoms with Gasteiger partial charge in [0.25, 0.3) is 0 Å². The number of nitrogens with zero attached hydrogens (tertiary/aromatic N) is 3. The van der Waals surface area contributed by atoms with Crippen LogP contribution in [0.2, 0.25) is 0 Å². The second-order valence-corrected chi connectivity index (χ2v) is 2.21. The average Bonchev–Trinajstić information content (AvgIpc) is 2.59. The molecule has 1 heterocycles. The number of rotatable bonds is 2. The number of aromatic nitrogens is 3. The van der Waals surface area contributed by atoms with Crippen molar-refractivity contribution in [3.63, 3.8) is 0 Å². The molecule has 0 fully saturated rings. The van der Waals surface area contributed by atoms with Crippen molar-refractivity contribution in [2.75, 3.05) is 0 Å². The molecule has 0 aliphatic rings. The van der Waals surface area contributed by atoms with Crippen LogP contribution < -0.4 is 4.84 Å². The molecular weight excluding hydrogens is 154 g/mol. The average molecular weight is 161 g/mol. The van der Waals surface area contributed by atoms with E-state index in [4.69, 9.17) is 4.84 Å². The van der Waals surface area contributed by atoms with Gasteiger partial charge in [0, 0.05) is 0 Å². The minimum absolute atomic E-state index is 0.739. The summed E-state index contributed by atoms with van der Waals surface area (Å²) in [6.07, 6.45) is 3.19. The van der Waals surface area contributed by atoms with E-state index in [1.54, 1.807) is 12.4 Å². The SMILES string of the molecule is c1ccc(On2ccnn2)cc1. The van der Waals surface area contributed by atoms with Crippen molar-refractivity contribution < 1.29 is 4.84 Å². The highest BCUT2D eigenvalue weighted by molar-refractivity contribution is 5.20. The van der Waals surface area contributed by atoms with Crippen molar-refractivity contribution in [3.8, 4) is 5.75 Å². The van der Waals surface area contributed by atoms with Crippen LogP contribution in [0, 0.1) is 0 Å². The van der Waals surface area contributed by atoms with Crippen LogP contribution in [0.15, 0.2) is 42.7 Å². The Morgan fingerprint density at radius 3 is 2.67 bits per heavy atom. The van der Waals surface area contributed by atoms with Crippen molar-refractivity contribution in [1.29, 1.82) is 0 Å². The quantitative estimate of drug-likeness (QED) is 0.662. The van der Waals surface area contributed by atoms with E-state index in [1.807, 2.05) is 30.3 Å². The van der Waals surface area contributed by atoms with Crippen LogP contribution in [-0.4, -0.2) is 15.2 Å². The summed E-state index contributed by atoms with van der Waals surface area (Å²) < 4.78 is 0. The molecule has 1 aromatic carbocycles. The van der Waals surface area contributed by atoms with Crippen molar-refractivity contribution in [1.82, 2.24) is 15.2 Å². The van der Waals surface area contributed by atoms with E-state index in [2.05, 4.69) is 10.3 Å². The van der Waals surface area contributed by atoms with Crippen molar-refractivity contribution in [2.24, 2.45) is 0 Å². The van der Waals surface area contributed by atoms with Gasteiger partial charge >= 0.3 is 0 Å². The van der Waals surface area contributed by atoms with E-state index in [0.717, 1.165) is 5.75 Å². The lowest BCUT2D eigenvalue weighted by Crippen LogP contribution is -2.05. The summed E-state index contributed by atoms with van der Waals surface area (Å²) in [5, 5.41) is 7.26. The van der Waals surface area contributed by atoms with Gasteiger partial charge in [-0.2, -0.15) is 0 Å². The first-order chi connectivity index (χ1) is 5.95. The molecule has 12 heavy (non-hydrogen) atoms. The van der Waals surface area contributed by atoms with Crippen LogP contribution >= 0.6 is 0 Å². The summed E-state index contributed by atoms with van der Waals surface area (Å²) in [5.41, 5.74) is 0. The Bertz CT molecular complexity index is 330. The molecule has 60 valence electrons. The molecule has 0 saturated heterocycles. The summed E-state index contributed by atoms with van der Waals surface area (Å²) in [5.74, 6) is 0.739. The molecule has 4 heteroatoms. The highest BCUT2D eigenvalue weighted by Gasteiger charge is 1.92. The van der Waals surface area contributed by atoms with Crippen LogP contribution in [0.25, 0.3) is 0 Å². The third-order valence-corrected chi connectivity index (χ3v) is 1.34. The Labute approximate surface area is 69.4 Å². The van der Waals surface area contributed by atoms with Gasteiger partial charge in [0.2, 0.25) is 0 Å². The van der Waals surface area contributed by atoms with Gasteiger partial charge in [-0.3, -0.25) is 0 Å². The van der Waals surface area contributed by atoms with Crippen LogP contribution in [0.1, 0.15) is 0 Å². The lowest BCUT2D eigenvalue weighted by molar-refractivity contribution is 0.173. The summed E-state index contributed by atoms with van der Waals surface area (Å²) >= 11 is 0. The molecule has 0 aliphatic heterocycles. The molecule has 0 saturated carbocycles. The Hall–Kier alpha value is -1.84. The van der Waals surface area contributed by atoms with Gasteiger partial charge in [-0.15, -0.1) is 5.10 Å². The molecule has 1 aromatic heterocycles. The Balaban J connectivity index is 2.15. The molecule has 0 unspecified atom stereocenters. The topological polar surface area (TPSA) is 39.9 Å². The number of hydrogen-bond donors (Lipinski definition) is 0. The lowest BCUT2D eigenvalue weighted by Gasteiger charge is -2.00. The van der Waals surface area contributed by atoms with Gasteiger partial charge in [0.05, 0.1) is 12.4 Å². The van der Waals surface area contributed by atoms with E-state index < -0.39 is 0 Å². The first-order valence-electron chi connectivity index (χ1n) is 3.55. The van der Waals surface area contributed by atoms with Crippen molar-refractivity contribution >= 4 is 0 Å². The van der Waals surface area contributed by atoms with Gasteiger partial charge in [-0.25, -0.2) is 0 Å². The predicted molar refractivity (Wildman–Crippen MR) is 42.5 cm³/mol. The lowest BCUT2D eigenvalue weighted by atomic mass is 10.3. The zero-order valence-corrected chi connectivity index (χ0v) is 6.29. The summed E-state index contributed by atoms with van der Waals surface area (Å²) in [7, 11) is 0. The normalized spacial score (nSPS) is 9.67. The highest BCUT2D eigenvalue weighted by atomic mass is 16.7. The largest absolute Gasteiger partial charge is 0.357 e. The van der Waals surface area contributed by atoms with Crippen LogP contribution in [0.5, 0.6) is 5.75 Å². The van der Waals surface area contributed by atoms with E-state index in [1.165, 1.54) is 4.85 Å². The fourth-order valence-electron chi connectivity index (χ4n) is 0.835. The maximum Gasteiger partial charge on any atom is 0.157 e. The van der Waals surface area contributed by atoms with Crippen LogP contribution in [-0.2, 0) is 0 Å². The predicted octanol–water partition coefficient (Wildman–Crippen LogP) is 1.12. The first kappa shape index (κ1) is 6.84. The second-order valence-electron chi connectivity index (χ2n) is 2.21. The van der Waals surface area contributed by atoms with Crippen molar-refractivity contribution in [2.45, 2.75) is 0 Å². The third kappa shape index (κ3) is 1.42. The van der Waals surface area contributed by atoms with E-state index >= 15 is 0 Å². The third-order valence-electron chi connectivity index (χ3n) is 1.34. The van der Waals surface area contributed by atoms with Crippen molar-refractivity contribution in [3.05, 3.63) is 42.7 Å². The Morgan fingerprint density at radius 2 is 2.00 bits per heavy atom. The highest BCUT2D eigenvalue weighted by Crippen LogP contribution is 2.07. The Kier molecular flexibility index (Phi) is 1.74. The summed E-state index contributed by atoms with van der Waals surface area (Å²) in [6.45, 7) is 0. The molecule has 0 N–H and O–H groups in total. The minimum atomic E-state index is 0.739. The van der Waals surface area contributed by atoms with Crippen LogP contribution in [0.4, 0.5) is 0 Å². The first-order valence-corrected chi connectivity index (χ1v) is 3.55. The maximum absolute atomic E-state index is 5.26. The van der Waals surface area contributed by atoms with Gasteiger partial charge in [0.1, 0.15) is 0 Å². The fraction of sp³-hybridized carbons (Fsp3) is 0. The van der Waals surface area contributed by atoms with E-state index in [9.17, 15) is 0 Å². The van der Waals surface area contributed by atoms with Gasteiger partial charge in [-0.05, 0) is 17.3 Å². The van der Waals surface area contributed by atoms with E-state index in [-0.39, 0.29) is 0 Å². The zero-order valence-electron chi connectivity index (χ0n) is 6.29. The fourth-order valence-corrected chi connectivity index (χ4v) is 0.835. The molecule has 4 nitrogen and oxygen atoms in total. The molecule has 0 bridgehead atoms. The molecular formula is C8H7N3O. The molecule has 2 rings (SSSR count). The van der Waals surface area contributed by atoms with E-state index in [0.29, 0.717) is 0 Å². The van der Waals surface area contributed by atoms with Gasteiger partial charge in [0.15, 0.2) is 5.75 Å². The molecule has 2 aromatic rings. The maximum atomic E-state index is 5.26. The molecule has 0 atom stereocenters. The van der Waals surface area contributed by atoms with Gasteiger partial charge in [-0.1, -0.05) is 23.0 Å². The van der Waals surface area contributed by atoms with Crippen LogP contribution in [0.3, 0.4) is 0 Å². The Morgan fingerprint density at radius 1 is 1.17 bits per heavy atom. The minimum Gasteiger partial charge on any atom is -0.357 e. The summed E-state index contributed by atoms with van der Waals surface area (Å²) in [6, 6.07) is 9.41. The van der Waals surface area contributed by atoms with Gasteiger partial charge < -0.3 is 4.84 Å². The number of para-hydroxylation sites is 1. The molecule has 0 aliphatic carbocycles. The number of benzene rings is 1. The summed E-state index contributed by atoms with van der Waals surface area (Å²) in [4.78, 5) is 6.56. The zero-order chi connectivity index (χ0) is 8.23.